The molecular formula is C26H21ClFN5O3. The topological polar surface area (TPSA) is 100 Å². The van der Waals surface area contributed by atoms with Crippen LogP contribution in [-0.2, 0) is 0 Å². The minimum absolute atomic E-state index is 0.0371. The first-order chi connectivity index (χ1) is 17.4. The van der Waals surface area contributed by atoms with Crippen LogP contribution in [0.1, 0.15) is 27.3 Å². The smallest absolute Gasteiger partial charge is 0.274 e. The zero-order valence-corrected chi connectivity index (χ0v) is 19.7. The number of anilines is 1. The molecule has 8 nitrogen and oxygen atoms in total. The number of amides is 2. The molecule has 5 rings (SSSR count). The highest BCUT2D eigenvalue weighted by atomic mass is 35.5. The zero-order chi connectivity index (χ0) is 25.2. The van der Waals surface area contributed by atoms with E-state index < -0.39 is 17.8 Å². The molecule has 0 spiro atoms. The van der Waals surface area contributed by atoms with E-state index in [9.17, 15) is 19.1 Å². The van der Waals surface area contributed by atoms with Crippen molar-refractivity contribution >= 4 is 29.2 Å². The standard InChI is InChI=1S/C26H21ClFN5O3/c27-20-13-21(28)19(22-8-4-5-10-29-22)12-18(20)25(35)30-24-14-23(26(36)32-11-9-17(34)15-32)31-33(24)16-6-2-1-3-7-16/h1-8,10,12-14,17,34H,9,11,15H2,(H,30,35). The quantitative estimate of drug-likeness (QED) is 0.424. The molecule has 4 aromatic rings. The van der Waals surface area contributed by atoms with Crippen LogP contribution in [-0.4, -0.2) is 55.8 Å². The van der Waals surface area contributed by atoms with E-state index in [-0.39, 0.29) is 40.1 Å². The lowest BCUT2D eigenvalue weighted by Gasteiger charge is -2.13. The fourth-order valence-electron chi connectivity index (χ4n) is 4.05. The number of pyridine rings is 1. The number of nitrogens with one attached hydrogen (secondary N) is 1. The molecule has 0 bridgehead atoms. The van der Waals surface area contributed by atoms with Crippen LogP contribution in [0.3, 0.4) is 0 Å². The molecule has 3 heterocycles. The van der Waals surface area contributed by atoms with E-state index in [4.69, 9.17) is 11.6 Å². The molecule has 1 aliphatic heterocycles. The number of carbonyl (C=O) groups is 2. The van der Waals surface area contributed by atoms with Crippen molar-refractivity contribution in [3.63, 3.8) is 0 Å². The molecule has 2 aromatic carbocycles. The first-order valence-electron chi connectivity index (χ1n) is 11.3. The van der Waals surface area contributed by atoms with Gasteiger partial charge in [-0.05, 0) is 42.8 Å². The summed E-state index contributed by atoms with van der Waals surface area (Å²) in [6, 6.07) is 17.9. The third-order valence-electron chi connectivity index (χ3n) is 5.86. The van der Waals surface area contributed by atoms with Crippen molar-refractivity contribution in [2.45, 2.75) is 12.5 Å². The van der Waals surface area contributed by atoms with E-state index in [0.29, 0.717) is 24.3 Å². The maximum atomic E-state index is 14.6. The Morgan fingerprint density at radius 2 is 1.86 bits per heavy atom. The number of para-hydroxylation sites is 1. The number of nitrogens with zero attached hydrogens (tertiary/aromatic N) is 4. The minimum Gasteiger partial charge on any atom is -0.391 e. The average molecular weight is 506 g/mol. The monoisotopic (exact) mass is 505 g/mol. The zero-order valence-electron chi connectivity index (χ0n) is 18.9. The van der Waals surface area contributed by atoms with Crippen molar-refractivity contribution in [3.05, 3.63) is 95.0 Å². The number of hydrogen-bond acceptors (Lipinski definition) is 5. The predicted molar refractivity (Wildman–Crippen MR) is 133 cm³/mol. The molecule has 1 aliphatic rings. The molecule has 182 valence electrons. The van der Waals surface area contributed by atoms with Gasteiger partial charge in [0.15, 0.2) is 5.69 Å². The number of aliphatic hydroxyl groups is 1. The normalized spacial score (nSPS) is 15.2. The molecule has 10 heteroatoms. The van der Waals surface area contributed by atoms with Crippen molar-refractivity contribution in [1.82, 2.24) is 19.7 Å². The number of halogens is 2. The van der Waals surface area contributed by atoms with Crippen molar-refractivity contribution < 1.29 is 19.1 Å². The second kappa shape index (κ2) is 9.88. The highest BCUT2D eigenvalue weighted by molar-refractivity contribution is 6.34. The van der Waals surface area contributed by atoms with E-state index in [1.165, 1.54) is 27.9 Å². The molecule has 2 aromatic heterocycles. The summed E-state index contributed by atoms with van der Waals surface area (Å²) >= 11 is 6.23. The van der Waals surface area contributed by atoms with Gasteiger partial charge in [0.2, 0.25) is 0 Å². The fraction of sp³-hybridized carbons (Fsp3) is 0.154. The van der Waals surface area contributed by atoms with Gasteiger partial charge >= 0.3 is 0 Å². The predicted octanol–water partition coefficient (Wildman–Crippen LogP) is 4.19. The van der Waals surface area contributed by atoms with Gasteiger partial charge in [-0.3, -0.25) is 14.6 Å². The second-order valence-electron chi connectivity index (χ2n) is 8.34. The molecule has 1 unspecified atom stereocenters. The van der Waals surface area contributed by atoms with Crippen LogP contribution >= 0.6 is 11.6 Å². The van der Waals surface area contributed by atoms with Gasteiger partial charge in [-0.25, -0.2) is 9.07 Å². The van der Waals surface area contributed by atoms with Gasteiger partial charge < -0.3 is 15.3 Å². The number of β-amino-alcohol motifs (C(OH)–C–C–N with tert-alkyl or cyclic N) is 1. The van der Waals surface area contributed by atoms with Gasteiger partial charge in [-0.15, -0.1) is 0 Å². The third-order valence-corrected chi connectivity index (χ3v) is 6.18. The lowest BCUT2D eigenvalue weighted by atomic mass is 10.1. The number of benzene rings is 2. The van der Waals surface area contributed by atoms with Crippen LogP contribution in [0.2, 0.25) is 5.02 Å². The van der Waals surface area contributed by atoms with E-state index in [1.54, 1.807) is 42.5 Å². The first-order valence-corrected chi connectivity index (χ1v) is 11.6. The summed E-state index contributed by atoms with van der Waals surface area (Å²) in [6.07, 6.45) is 1.45. The number of rotatable bonds is 5. The van der Waals surface area contributed by atoms with Crippen LogP contribution < -0.4 is 5.32 Å². The minimum atomic E-state index is -0.607. The molecule has 0 aliphatic carbocycles. The van der Waals surface area contributed by atoms with E-state index in [1.807, 2.05) is 6.07 Å². The first kappa shape index (κ1) is 23.7. The Hall–Kier alpha value is -4.08. The van der Waals surface area contributed by atoms with Gasteiger partial charge in [-0.2, -0.15) is 5.10 Å². The van der Waals surface area contributed by atoms with Crippen LogP contribution in [0.25, 0.3) is 16.9 Å². The Morgan fingerprint density at radius 3 is 2.56 bits per heavy atom. The van der Waals surface area contributed by atoms with Gasteiger partial charge in [0, 0.05) is 30.9 Å². The molecule has 0 radical (unpaired) electrons. The number of hydrogen-bond donors (Lipinski definition) is 2. The highest BCUT2D eigenvalue weighted by Gasteiger charge is 2.28. The number of aromatic nitrogens is 3. The van der Waals surface area contributed by atoms with E-state index in [2.05, 4.69) is 15.4 Å². The van der Waals surface area contributed by atoms with Crippen LogP contribution in [0.15, 0.2) is 72.9 Å². The molecule has 1 saturated heterocycles. The average Bonchev–Trinajstić information content (AvgIpc) is 3.51. The summed E-state index contributed by atoms with van der Waals surface area (Å²) in [7, 11) is 0. The molecule has 1 fully saturated rings. The van der Waals surface area contributed by atoms with Crippen LogP contribution in [0, 0.1) is 5.82 Å². The molecule has 36 heavy (non-hydrogen) atoms. The Morgan fingerprint density at radius 1 is 1.08 bits per heavy atom. The van der Waals surface area contributed by atoms with Gasteiger partial charge in [0.05, 0.1) is 28.1 Å². The number of likely N-dealkylation sites (tertiary alicyclic amines) is 1. The summed E-state index contributed by atoms with van der Waals surface area (Å²) in [5, 5.41) is 16.9. The Balaban J connectivity index is 1.50. The SMILES string of the molecule is O=C(Nc1cc(C(=O)N2CCC(O)C2)nn1-c1ccccc1)c1cc(-c2ccccn2)c(F)cc1Cl. The molecule has 2 amide bonds. The number of carbonyl (C=O) groups excluding carboxylic acids is 2. The van der Waals surface area contributed by atoms with Crippen LogP contribution in [0.5, 0.6) is 0 Å². The van der Waals surface area contributed by atoms with E-state index in [0.717, 1.165) is 6.07 Å². The summed E-state index contributed by atoms with van der Waals surface area (Å²) < 4.78 is 16.1. The maximum Gasteiger partial charge on any atom is 0.274 e. The Bertz CT molecular complexity index is 1430. The number of aliphatic hydroxyl groups excluding tert-OH is 1. The third kappa shape index (κ3) is 4.71. The molecular weight excluding hydrogens is 485 g/mol. The molecule has 0 saturated carbocycles. The summed E-state index contributed by atoms with van der Waals surface area (Å²) in [4.78, 5) is 32.0. The summed E-state index contributed by atoms with van der Waals surface area (Å²) in [6.45, 7) is 0.640. The van der Waals surface area contributed by atoms with Crippen molar-refractivity contribution in [2.75, 3.05) is 18.4 Å². The Labute approximate surface area is 211 Å². The molecule has 2 N–H and O–H groups in total. The van der Waals surface area contributed by atoms with Crippen molar-refractivity contribution in [1.29, 1.82) is 0 Å². The molecule has 1 atom stereocenters. The van der Waals surface area contributed by atoms with E-state index >= 15 is 0 Å². The Kier molecular flexibility index (Phi) is 6.49. The van der Waals surface area contributed by atoms with Gasteiger partial charge in [0.25, 0.3) is 11.8 Å². The van der Waals surface area contributed by atoms with Crippen molar-refractivity contribution in [3.8, 4) is 16.9 Å². The summed E-state index contributed by atoms with van der Waals surface area (Å²) in [5.41, 5.74) is 1.26. The summed E-state index contributed by atoms with van der Waals surface area (Å²) in [5.74, 6) is -1.34. The van der Waals surface area contributed by atoms with Gasteiger partial charge in [-0.1, -0.05) is 35.9 Å². The lowest BCUT2D eigenvalue weighted by molar-refractivity contribution is 0.0758. The lowest BCUT2D eigenvalue weighted by Crippen LogP contribution is -2.29. The second-order valence-corrected chi connectivity index (χ2v) is 8.74. The van der Waals surface area contributed by atoms with Gasteiger partial charge in [0.1, 0.15) is 11.6 Å². The highest BCUT2D eigenvalue weighted by Crippen LogP contribution is 2.29. The maximum absolute atomic E-state index is 14.6. The van der Waals surface area contributed by atoms with Crippen LogP contribution in [0.4, 0.5) is 10.2 Å². The fourth-order valence-corrected chi connectivity index (χ4v) is 4.29. The van der Waals surface area contributed by atoms with Crippen molar-refractivity contribution in [2.24, 2.45) is 0 Å². The largest absolute Gasteiger partial charge is 0.391 e.